The van der Waals surface area contributed by atoms with Crippen molar-refractivity contribution in [3.8, 4) is 0 Å². The van der Waals surface area contributed by atoms with E-state index < -0.39 is 59.8 Å². The third-order valence-electron chi connectivity index (χ3n) is 12.4. The van der Waals surface area contributed by atoms with Crippen molar-refractivity contribution < 1.29 is 56.2 Å². The molecule has 1 aliphatic rings. The van der Waals surface area contributed by atoms with E-state index in [4.69, 9.17) is 18.9 Å². The molecule has 1 heterocycles. The van der Waals surface area contributed by atoms with Crippen LogP contribution in [0.5, 0.6) is 0 Å². The summed E-state index contributed by atoms with van der Waals surface area (Å²) in [4.78, 5) is 12.9. The van der Waals surface area contributed by atoms with Crippen LogP contribution in [0.4, 0.5) is 0 Å². The van der Waals surface area contributed by atoms with Gasteiger partial charge in [0.15, 0.2) is 6.29 Å². The van der Waals surface area contributed by atoms with E-state index in [0.29, 0.717) is 19.4 Å². The van der Waals surface area contributed by atoms with Crippen LogP contribution in [0.1, 0.15) is 226 Å². The average molecular weight is 997 g/mol. The van der Waals surface area contributed by atoms with Gasteiger partial charge in [0.2, 0.25) is 0 Å². The lowest BCUT2D eigenvalue weighted by atomic mass is 9.99. The Bertz CT molecular complexity index is 1430. The first-order chi connectivity index (χ1) is 33.6. The molecular weight excluding hydrogens is 897 g/mol. The predicted octanol–water partition coefficient (Wildman–Crippen LogP) is 13.3. The highest BCUT2D eigenvalue weighted by atomic mass is 32.3. The number of allylic oxidation sites excluding steroid dienone is 10. The number of hydrogen-bond donors (Lipinski definition) is 4. The Labute approximate surface area is 420 Å². The molecule has 12 nitrogen and oxygen atoms in total. The first-order valence-electron chi connectivity index (χ1n) is 27.5. The standard InChI is InChI=1S/C56H100O12S/c1-3-5-7-9-11-13-15-17-19-21-22-23-24-25-26-27-28-30-32-34-36-38-40-42-44-46-64-48-50(49-65-56-54(60)55(68-69(61,62)63)53(59)51(47-57)67-56)66-52(58)45-43-41-39-37-35-33-31-29-20-18-16-14-12-10-8-6-4-2/h6,8,12,14,18,20,31,33,37,39,50-51,53-57,59-60H,3-5,7,9-11,13,15-17,19,21-30,32,34-36,38,40-49H2,1-2H3,(H,61,62,63)/b8-6-,14-12-,20-18-,33-31-,39-37-. The Balaban J connectivity index is 2.32. The minimum Gasteiger partial charge on any atom is -0.457 e. The minimum absolute atomic E-state index is 0.0136. The molecule has 0 aromatic heterocycles. The molecule has 0 saturated carbocycles. The van der Waals surface area contributed by atoms with Gasteiger partial charge in [-0.25, -0.2) is 4.18 Å². The number of aliphatic hydroxyl groups is 3. The van der Waals surface area contributed by atoms with Crippen molar-refractivity contribution in [2.24, 2.45) is 0 Å². The summed E-state index contributed by atoms with van der Waals surface area (Å²) in [5.74, 6) is -0.453. The molecule has 1 saturated heterocycles. The molecule has 1 rings (SSSR count). The highest BCUT2D eigenvalue weighted by Crippen LogP contribution is 2.26. The maximum absolute atomic E-state index is 12.9. The smallest absolute Gasteiger partial charge is 0.397 e. The summed E-state index contributed by atoms with van der Waals surface area (Å²) < 4.78 is 59.3. The van der Waals surface area contributed by atoms with Crippen LogP contribution in [0.25, 0.3) is 0 Å². The summed E-state index contributed by atoms with van der Waals surface area (Å²) in [6.45, 7) is 3.84. The van der Waals surface area contributed by atoms with Gasteiger partial charge < -0.3 is 34.3 Å². The normalized spacial score (nSPS) is 19.7. The quantitative estimate of drug-likeness (QED) is 0.0197. The maximum atomic E-state index is 12.9. The van der Waals surface area contributed by atoms with Crippen LogP contribution in [-0.2, 0) is 38.3 Å². The fourth-order valence-corrected chi connectivity index (χ4v) is 8.81. The lowest BCUT2D eigenvalue weighted by Crippen LogP contribution is -2.60. The molecule has 1 fully saturated rings. The topological polar surface area (TPSA) is 178 Å². The molecule has 0 radical (unpaired) electrons. The minimum atomic E-state index is -5.07. The molecule has 6 unspecified atom stereocenters. The Morgan fingerprint density at radius 3 is 1.41 bits per heavy atom. The zero-order valence-corrected chi connectivity index (χ0v) is 44.2. The van der Waals surface area contributed by atoms with Crippen LogP contribution in [0.3, 0.4) is 0 Å². The van der Waals surface area contributed by atoms with Crippen LogP contribution < -0.4 is 0 Å². The average Bonchev–Trinajstić information content (AvgIpc) is 3.32. The lowest BCUT2D eigenvalue weighted by Gasteiger charge is -2.41. The maximum Gasteiger partial charge on any atom is 0.397 e. The van der Waals surface area contributed by atoms with Gasteiger partial charge in [-0.3, -0.25) is 9.35 Å². The van der Waals surface area contributed by atoms with Crippen molar-refractivity contribution in [2.45, 2.75) is 263 Å². The molecule has 4 N–H and O–H groups in total. The van der Waals surface area contributed by atoms with E-state index in [-0.39, 0.29) is 19.6 Å². The summed E-state index contributed by atoms with van der Waals surface area (Å²) in [5, 5.41) is 30.8. The number of carbonyl (C=O) groups excluding carboxylic acids is 1. The second kappa shape index (κ2) is 46.8. The fraction of sp³-hybridized carbons (Fsp3) is 0.804. The Morgan fingerprint density at radius 1 is 0.565 bits per heavy atom. The molecule has 0 amide bonds. The molecule has 13 heteroatoms. The van der Waals surface area contributed by atoms with Gasteiger partial charge in [0.05, 0.1) is 19.8 Å². The monoisotopic (exact) mass is 997 g/mol. The molecule has 0 aromatic rings. The number of unbranched alkanes of at least 4 members (excludes halogenated alkanes) is 25. The molecule has 69 heavy (non-hydrogen) atoms. The van der Waals surface area contributed by atoms with E-state index in [9.17, 15) is 33.1 Å². The lowest BCUT2D eigenvalue weighted by molar-refractivity contribution is -0.301. The zero-order valence-electron chi connectivity index (χ0n) is 43.4. The van der Waals surface area contributed by atoms with Crippen LogP contribution in [-0.4, -0.2) is 97.5 Å². The third kappa shape index (κ3) is 40.0. The van der Waals surface area contributed by atoms with Gasteiger partial charge in [-0.15, -0.1) is 0 Å². The van der Waals surface area contributed by atoms with Gasteiger partial charge in [0, 0.05) is 13.0 Å². The Kier molecular flexibility index (Phi) is 44.0. The molecule has 0 aromatic carbocycles. The van der Waals surface area contributed by atoms with Crippen molar-refractivity contribution in [1.82, 2.24) is 0 Å². The molecule has 0 spiro atoms. The number of rotatable bonds is 48. The van der Waals surface area contributed by atoms with Crippen LogP contribution in [0, 0.1) is 0 Å². The van der Waals surface area contributed by atoms with Gasteiger partial charge in [0.25, 0.3) is 0 Å². The first-order valence-corrected chi connectivity index (χ1v) is 28.9. The van der Waals surface area contributed by atoms with E-state index in [1.54, 1.807) is 0 Å². The zero-order chi connectivity index (χ0) is 50.3. The van der Waals surface area contributed by atoms with Gasteiger partial charge in [-0.05, 0) is 51.4 Å². The van der Waals surface area contributed by atoms with Gasteiger partial charge in [-0.1, -0.05) is 229 Å². The van der Waals surface area contributed by atoms with Crippen LogP contribution in [0.2, 0.25) is 0 Å². The van der Waals surface area contributed by atoms with Crippen molar-refractivity contribution in [3.63, 3.8) is 0 Å². The van der Waals surface area contributed by atoms with Crippen molar-refractivity contribution in [2.75, 3.05) is 26.4 Å². The molecule has 0 bridgehead atoms. The fourth-order valence-electron chi connectivity index (χ4n) is 8.30. The highest BCUT2D eigenvalue weighted by Gasteiger charge is 2.48. The van der Waals surface area contributed by atoms with Gasteiger partial charge in [-0.2, -0.15) is 8.42 Å². The molecular formula is C56H100O12S. The van der Waals surface area contributed by atoms with Crippen molar-refractivity contribution in [1.29, 1.82) is 0 Å². The number of aliphatic hydroxyl groups excluding tert-OH is 3. The highest BCUT2D eigenvalue weighted by molar-refractivity contribution is 7.80. The first kappa shape index (κ1) is 64.8. The summed E-state index contributed by atoms with van der Waals surface area (Å²) in [5.41, 5.74) is 0. The number of esters is 1. The summed E-state index contributed by atoms with van der Waals surface area (Å²) >= 11 is 0. The Morgan fingerprint density at radius 2 is 0.986 bits per heavy atom. The van der Waals surface area contributed by atoms with Crippen molar-refractivity contribution in [3.05, 3.63) is 60.8 Å². The van der Waals surface area contributed by atoms with Crippen molar-refractivity contribution >= 4 is 16.4 Å². The number of carbonyl (C=O) groups is 1. The van der Waals surface area contributed by atoms with Gasteiger partial charge >= 0.3 is 16.4 Å². The second-order valence-corrected chi connectivity index (χ2v) is 19.8. The van der Waals surface area contributed by atoms with Gasteiger partial charge in [0.1, 0.15) is 30.5 Å². The third-order valence-corrected chi connectivity index (χ3v) is 12.9. The SMILES string of the molecule is CC/C=C\C/C=C\C/C=C\C/C=C\C/C=C\CCCC(=O)OC(COCCCCCCCCCCCCCCCCCCCCCCCCCCC)COC1OC(CO)C(O)C(OS(=O)(=O)O)C1O. The summed E-state index contributed by atoms with van der Waals surface area (Å²) in [6.07, 6.45) is 51.4. The molecule has 1 aliphatic heterocycles. The van der Waals surface area contributed by atoms with E-state index in [2.05, 4.69) is 72.7 Å². The Hall–Kier alpha value is -2.20. The number of hydrogen-bond acceptors (Lipinski definition) is 11. The largest absolute Gasteiger partial charge is 0.457 e. The van der Waals surface area contributed by atoms with Crippen LogP contribution in [0.15, 0.2) is 60.8 Å². The van der Waals surface area contributed by atoms with E-state index in [1.165, 1.54) is 141 Å². The number of ether oxygens (including phenoxy) is 4. The summed E-state index contributed by atoms with van der Waals surface area (Å²) in [7, 11) is -5.07. The van der Waals surface area contributed by atoms with Crippen LogP contribution >= 0.6 is 0 Å². The molecule has 6 atom stereocenters. The predicted molar refractivity (Wildman–Crippen MR) is 280 cm³/mol. The second-order valence-electron chi connectivity index (χ2n) is 18.8. The van der Waals surface area contributed by atoms with E-state index >= 15 is 0 Å². The molecule has 0 aliphatic carbocycles. The van der Waals surface area contributed by atoms with E-state index in [1.807, 2.05) is 6.08 Å². The van der Waals surface area contributed by atoms with E-state index in [0.717, 1.165) is 51.4 Å². The summed E-state index contributed by atoms with van der Waals surface area (Å²) in [6, 6.07) is 0. The molecule has 402 valence electrons.